The van der Waals surface area contributed by atoms with Gasteiger partial charge < -0.3 is 14.8 Å². The lowest BCUT2D eigenvalue weighted by atomic mass is 10.0. The molecule has 5 heteroatoms. The Bertz CT molecular complexity index is 534. The molecule has 0 aliphatic heterocycles. The van der Waals surface area contributed by atoms with Crippen LogP contribution in [0.3, 0.4) is 0 Å². The van der Waals surface area contributed by atoms with E-state index >= 15 is 0 Å². The maximum Gasteiger partial charge on any atom is 0.407 e. The van der Waals surface area contributed by atoms with E-state index in [1.165, 1.54) is 0 Å². The molecule has 5 nitrogen and oxygen atoms in total. The standard InChI is InChI=1S/C18H27NO4/c1-13-7-6-8-14(11-13)16(20)12-15(9-10-22-5)19-17(21)23-18(2,3)4/h6-8,11,15H,9-10,12H2,1-5H3,(H,19,21). The third-order valence-corrected chi connectivity index (χ3v) is 3.16. The Morgan fingerprint density at radius 3 is 2.52 bits per heavy atom. The Hall–Kier alpha value is -1.88. The van der Waals surface area contributed by atoms with E-state index < -0.39 is 11.7 Å². The van der Waals surface area contributed by atoms with Gasteiger partial charge in [-0.2, -0.15) is 0 Å². The van der Waals surface area contributed by atoms with Crippen LogP contribution in [0.1, 0.15) is 49.5 Å². The summed E-state index contributed by atoms with van der Waals surface area (Å²) < 4.78 is 10.3. The largest absolute Gasteiger partial charge is 0.444 e. The third-order valence-electron chi connectivity index (χ3n) is 3.16. The minimum Gasteiger partial charge on any atom is -0.444 e. The fourth-order valence-electron chi connectivity index (χ4n) is 2.12. The number of aryl methyl sites for hydroxylation is 1. The van der Waals surface area contributed by atoms with Crippen LogP contribution in [0.25, 0.3) is 0 Å². The molecule has 0 aliphatic rings. The Kier molecular flexibility index (Phi) is 7.23. The van der Waals surface area contributed by atoms with Crippen LogP contribution in [0.15, 0.2) is 24.3 Å². The summed E-state index contributed by atoms with van der Waals surface area (Å²) in [4.78, 5) is 24.3. The van der Waals surface area contributed by atoms with Crippen molar-refractivity contribution in [1.82, 2.24) is 5.32 Å². The molecule has 1 unspecified atom stereocenters. The van der Waals surface area contributed by atoms with E-state index in [1.807, 2.05) is 25.1 Å². The van der Waals surface area contributed by atoms with Crippen molar-refractivity contribution in [2.24, 2.45) is 0 Å². The zero-order valence-corrected chi connectivity index (χ0v) is 14.6. The normalized spacial score (nSPS) is 12.6. The molecule has 23 heavy (non-hydrogen) atoms. The van der Waals surface area contributed by atoms with Gasteiger partial charge in [-0.05, 0) is 40.2 Å². The van der Waals surface area contributed by atoms with Gasteiger partial charge >= 0.3 is 6.09 Å². The number of ether oxygens (including phenoxy) is 2. The first-order valence-electron chi connectivity index (χ1n) is 7.79. The van der Waals surface area contributed by atoms with Crippen molar-refractivity contribution in [3.8, 4) is 0 Å². The first kappa shape index (κ1) is 19.2. The number of carbonyl (C=O) groups is 2. The number of hydrogen-bond donors (Lipinski definition) is 1. The van der Waals surface area contributed by atoms with Crippen LogP contribution in [-0.2, 0) is 9.47 Å². The molecule has 1 aromatic rings. The van der Waals surface area contributed by atoms with Crippen molar-refractivity contribution in [2.75, 3.05) is 13.7 Å². The molecule has 0 aromatic heterocycles. The molecule has 1 N–H and O–H groups in total. The predicted octanol–water partition coefficient (Wildman–Crippen LogP) is 3.50. The highest BCUT2D eigenvalue weighted by Crippen LogP contribution is 2.12. The fourth-order valence-corrected chi connectivity index (χ4v) is 2.12. The molecule has 0 fully saturated rings. The second kappa shape index (κ2) is 8.67. The highest BCUT2D eigenvalue weighted by Gasteiger charge is 2.21. The van der Waals surface area contributed by atoms with Crippen LogP contribution in [0, 0.1) is 6.92 Å². The van der Waals surface area contributed by atoms with Crippen molar-refractivity contribution in [3.63, 3.8) is 0 Å². The molecule has 1 amide bonds. The van der Waals surface area contributed by atoms with Gasteiger partial charge in [0.2, 0.25) is 0 Å². The van der Waals surface area contributed by atoms with E-state index in [-0.39, 0.29) is 18.2 Å². The fraction of sp³-hybridized carbons (Fsp3) is 0.556. The average molecular weight is 321 g/mol. The maximum atomic E-state index is 12.4. The van der Waals surface area contributed by atoms with Gasteiger partial charge in [0.25, 0.3) is 0 Å². The molecule has 1 aromatic carbocycles. The minimum atomic E-state index is -0.573. The lowest BCUT2D eigenvalue weighted by molar-refractivity contribution is 0.0490. The van der Waals surface area contributed by atoms with Crippen molar-refractivity contribution in [1.29, 1.82) is 0 Å². The number of alkyl carbamates (subject to hydrolysis) is 1. The number of carbonyl (C=O) groups excluding carboxylic acids is 2. The molecule has 1 rings (SSSR count). The average Bonchev–Trinajstić information content (AvgIpc) is 2.42. The summed E-state index contributed by atoms with van der Waals surface area (Å²) in [5.74, 6) is -0.00846. The van der Waals surface area contributed by atoms with Crippen molar-refractivity contribution in [3.05, 3.63) is 35.4 Å². The summed E-state index contributed by atoms with van der Waals surface area (Å²) >= 11 is 0. The highest BCUT2D eigenvalue weighted by atomic mass is 16.6. The molecule has 0 bridgehead atoms. The molecule has 0 radical (unpaired) electrons. The van der Waals surface area contributed by atoms with Crippen LogP contribution in [-0.4, -0.2) is 37.2 Å². The predicted molar refractivity (Wildman–Crippen MR) is 89.8 cm³/mol. The number of benzene rings is 1. The summed E-state index contributed by atoms with van der Waals surface area (Å²) in [5.41, 5.74) is 1.11. The van der Waals surface area contributed by atoms with Gasteiger partial charge in [0, 0.05) is 31.7 Å². The molecule has 0 saturated carbocycles. The van der Waals surface area contributed by atoms with E-state index in [2.05, 4.69) is 5.32 Å². The van der Waals surface area contributed by atoms with E-state index in [4.69, 9.17) is 9.47 Å². The first-order chi connectivity index (χ1) is 10.7. The van der Waals surface area contributed by atoms with Gasteiger partial charge in [-0.25, -0.2) is 4.79 Å². The van der Waals surface area contributed by atoms with E-state index in [0.717, 1.165) is 5.56 Å². The number of Topliss-reactive ketones (excluding diaryl/α,β-unsaturated/α-hetero) is 1. The Labute approximate surface area is 138 Å². The highest BCUT2D eigenvalue weighted by molar-refractivity contribution is 5.96. The lowest BCUT2D eigenvalue weighted by Gasteiger charge is -2.23. The van der Waals surface area contributed by atoms with Gasteiger partial charge in [0.1, 0.15) is 5.60 Å². The summed E-state index contributed by atoms with van der Waals surface area (Å²) in [6, 6.07) is 7.11. The Morgan fingerprint density at radius 2 is 1.96 bits per heavy atom. The van der Waals surface area contributed by atoms with Gasteiger partial charge in [-0.15, -0.1) is 0 Å². The molecule has 0 aliphatic carbocycles. The zero-order valence-electron chi connectivity index (χ0n) is 14.6. The molecular weight excluding hydrogens is 294 g/mol. The molecule has 0 heterocycles. The van der Waals surface area contributed by atoms with Gasteiger partial charge in [0.15, 0.2) is 5.78 Å². The monoisotopic (exact) mass is 321 g/mol. The second-order valence-corrected chi connectivity index (χ2v) is 6.62. The van der Waals surface area contributed by atoms with Crippen molar-refractivity contribution < 1.29 is 19.1 Å². The van der Waals surface area contributed by atoms with Crippen molar-refractivity contribution in [2.45, 2.75) is 52.2 Å². The summed E-state index contributed by atoms with van der Waals surface area (Å²) in [6.07, 6.45) is 0.245. The number of amides is 1. The van der Waals surface area contributed by atoms with Crippen LogP contribution in [0.5, 0.6) is 0 Å². The number of nitrogens with one attached hydrogen (secondary N) is 1. The van der Waals surface area contributed by atoms with Gasteiger partial charge in [-0.1, -0.05) is 23.8 Å². The SMILES string of the molecule is COCCC(CC(=O)c1cccc(C)c1)NC(=O)OC(C)(C)C. The topological polar surface area (TPSA) is 64.6 Å². The summed E-state index contributed by atoms with van der Waals surface area (Å²) in [6.45, 7) is 7.80. The lowest BCUT2D eigenvalue weighted by Crippen LogP contribution is -2.40. The molecule has 0 saturated heterocycles. The van der Waals surface area contributed by atoms with Gasteiger partial charge in [-0.3, -0.25) is 4.79 Å². The molecular formula is C18H27NO4. The number of rotatable bonds is 7. The summed E-state index contributed by atoms with van der Waals surface area (Å²) in [5, 5.41) is 2.76. The molecule has 1 atom stereocenters. The Balaban J connectivity index is 2.70. The molecule has 0 spiro atoms. The smallest absolute Gasteiger partial charge is 0.407 e. The minimum absolute atomic E-state index is 0.00846. The Morgan fingerprint density at radius 1 is 1.26 bits per heavy atom. The summed E-state index contributed by atoms with van der Waals surface area (Å²) in [7, 11) is 1.59. The number of ketones is 1. The quantitative estimate of drug-likeness (QED) is 0.781. The number of methoxy groups -OCH3 is 1. The number of hydrogen-bond acceptors (Lipinski definition) is 4. The van der Waals surface area contributed by atoms with E-state index in [1.54, 1.807) is 33.9 Å². The molecule has 128 valence electrons. The van der Waals surface area contributed by atoms with Crippen molar-refractivity contribution >= 4 is 11.9 Å². The van der Waals surface area contributed by atoms with Crippen LogP contribution in [0.4, 0.5) is 4.79 Å². The van der Waals surface area contributed by atoms with Crippen LogP contribution < -0.4 is 5.32 Å². The van der Waals surface area contributed by atoms with E-state index in [9.17, 15) is 9.59 Å². The van der Waals surface area contributed by atoms with Crippen LogP contribution >= 0.6 is 0 Å². The van der Waals surface area contributed by atoms with Gasteiger partial charge in [0.05, 0.1) is 0 Å². The third kappa shape index (κ3) is 7.79. The second-order valence-electron chi connectivity index (χ2n) is 6.62. The first-order valence-corrected chi connectivity index (χ1v) is 7.79. The van der Waals surface area contributed by atoms with Crippen LogP contribution in [0.2, 0.25) is 0 Å². The maximum absolute atomic E-state index is 12.4. The van der Waals surface area contributed by atoms with E-state index in [0.29, 0.717) is 18.6 Å². The zero-order chi connectivity index (χ0) is 17.5.